The van der Waals surface area contributed by atoms with Crippen LogP contribution < -0.4 is 3.61 Å². The Morgan fingerprint density at radius 1 is 1.36 bits per heavy atom. The van der Waals surface area contributed by atoms with Crippen LogP contribution in [-0.4, -0.2) is 20.9 Å². The molecule has 0 fully saturated rings. The summed E-state index contributed by atoms with van der Waals surface area (Å²) in [7, 11) is 0. The van der Waals surface area contributed by atoms with Gasteiger partial charge in [0.15, 0.2) is 0 Å². The van der Waals surface area contributed by atoms with Crippen molar-refractivity contribution in [3.8, 4) is 6.07 Å². The predicted octanol–water partition coefficient (Wildman–Crippen LogP) is 1.35. The van der Waals surface area contributed by atoms with E-state index in [4.69, 9.17) is 5.26 Å². The number of hydrogen-bond donors (Lipinski definition) is 0. The van der Waals surface area contributed by atoms with E-state index in [0.717, 1.165) is 0 Å². The summed E-state index contributed by atoms with van der Waals surface area (Å²) in [4.78, 5) is 0. The molecule has 2 heteroatoms. The normalized spacial score (nSPS) is 12.0. The molecule has 1 rings (SSSR count). The maximum absolute atomic E-state index is 8.58. The summed E-state index contributed by atoms with van der Waals surface area (Å²) in [6.07, 6.45) is 0. The Morgan fingerprint density at radius 2 is 2.00 bits per heavy atom. The van der Waals surface area contributed by atoms with Gasteiger partial charge in [-0.25, -0.2) is 0 Å². The van der Waals surface area contributed by atoms with Gasteiger partial charge in [-0.05, 0) is 0 Å². The molecule has 0 aromatic heterocycles. The van der Waals surface area contributed by atoms with Crippen molar-refractivity contribution in [1.29, 1.82) is 5.26 Å². The predicted molar refractivity (Wildman–Crippen MR) is 46.9 cm³/mol. The third kappa shape index (κ3) is 2.93. The van der Waals surface area contributed by atoms with Gasteiger partial charge < -0.3 is 0 Å². The molecule has 1 nitrogen and oxygen atoms in total. The zero-order valence-electron chi connectivity index (χ0n) is 6.32. The van der Waals surface area contributed by atoms with Gasteiger partial charge in [0.25, 0.3) is 0 Å². The van der Waals surface area contributed by atoms with Gasteiger partial charge in [0, 0.05) is 0 Å². The summed E-state index contributed by atoms with van der Waals surface area (Å²) in [5, 5.41) is 8.58. The zero-order valence-corrected chi connectivity index (χ0v) is 8.65. The van der Waals surface area contributed by atoms with Crippen molar-refractivity contribution in [2.45, 2.75) is 10.9 Å². The van der Waals surface area contributed by atoms with E-state index in [1.165, 1.54) is 3.61 Å². The van der Waals surface area contributed by atoms with Crippen molar-refractivity contribution >= 4 is 24.5 Å². The third-order valence-electron chi connectivity index (χ3n) is 1.24. The minimum absolute atomic E-state index is 0.253. The van der Waals surface area contributed by atoms with Crippen LogP contribution in [0.2, 0.25) is 3.97 Å². The summed E-state index contributed by atoms with van der Waals surface area (Å²) in [6, 6.07) is 12.6. The van der Waals surface area contributed by atoms with E-state index in [2.05, 4.69) is 18.2 Å². The van der Waals surface area contributed by atoms with Gasteiger partial charge in [0.1, 0.15) is 0 Å². The van der Waals surface area contributed by atoms with Gasteiger partial charge in [-0.2, -0.15) is 0 Å². The SMILES string of the molecule is CC(C#N)[Te]c1ccccc1. The van der Waals surface area contributed by atoms with E-state index < -0.39 is 0 Å². The monoisotopic (exact) mass is 261 g/mol. The molecule has 0 aliphatic carbocycles. The number of rotatable bonds is 2. The molecule has 0 saturated carbocycles. The van der Waals surface area contributed by atoms with Gasteiger partial charge in [-0.3, -0.25) is 0 Å². The van der Waals surface area contributed by atoms with Crippen LogP contribution in [-0.2, 0) is 0 Å². The van der Waals surface area contributed by atoms with Crippen LogP contribution >= 0.6 is 0 Å². The fourth-order valence-electron chi connectivity index (χ4n) is 0.730. The molecule has 0 saturated heterocycles. The topological polar surface area (TPSA) is 23.8 Å². The number of nitriles is 1. The van der Waals surface area contributed by atoms with E-state index in [1.807, 2.05) is 25.1 Å². The molecule has 1 aromatic carbocycles. The molecule has 0 radical (unpaired) electrons. The van der Waals surface area contributed by atoms with Crippen molar-refractivity contribution in [3.63, 3.8) is 0 Å². The van der Waals surface area contributed by atoms with E-state index in [1.54, 1.807) is 0 Å². The Morgan fingerprint density at radius 3 is 2.55 bits per heavy atom. The first kappa shape index (κ1) is 8.59. The van der Waals surface area contributed by atoms with Crippen molar-refractivity contribution in [3.05, 3.63) is 30.3 Å². The van der Waals surface area contributed by atoms with Crippen molar-refractivity contribution in [2.75, 3.05) is 0 Å². The molecule has 0 bridgehead atoms. The molecule has 1 atom stereocenters. The summed E-state index contributed by atoms with van der Waals surface area (Å²) >= 11 is -0.271. The molecule has 56 valence electrons. The fourth-order valence-corrected chi connectivity index (χ4v) is 2.94. The van der Waals surface area contributed by atoms with Gasteiger partial charge in [-0.1, -0.05) is 0 Å². The molecule has 0 aliphatic rings. The molecule has 0 aliphatic heterocycles. The molecule has 0 N–H and O–H groups in total. The van der Waals surface area contributed by atoms with E-state index in [-0.39, 0.29) is 24.9 Å². The van der Waals surface area contributed by atoms with Crippen LogP contribution in [0, 0.1) is 11.3 Å². The molecule has 1 unspecified atom stereocenters. The number of hydrogen-bond acceptors (Lipinski definition) is 1. The minimum atomic E-state index is -0.271. The zero-order chi connectivity index (χ0) is 8.10. The average molecular weight is 259 g/mol. The Kier molecular flexibility index (Phi) is 3.43. The first-order valence-corrected chi connectivity index (χ1v) is 5.95. The molecule has 11 heavy (non-hydrogen) atoms. The molecule has 1 aromatic rings. The van der Waals surface area contributed by atoms with E-state index in [0.29, 0.717) is 0 Å². The summed E-state index contributed by atoms with van der Waals surface area (Å²) < 4.78 is 1.62. The second-order valence-corrected chi connectivity index (χ2v) is 6.24. The number of nitrogens with zero attached hydrogens (tertiary/aromatic N) is 1. The molecular weight excluding hydrogens is 250 g/mol. The summed E-state index contributed by atoms with van der Waals surface area (Å²) in [5.74, 6) is 0. The molecule has 0 heterocycles. The molecular formula is C9H9NTe. The summed E-state index contributed by atoms with van der Waals surface area (Å²) in [6.45, 7) is 2.00. The second-order valence-electron chi connectivity index (χ2n) is 2.20. The van der Waals surface area contributed by atoms with Gasteiger partial charge in [0.2, 0.25) is 0 Å². The van der Waals surface area contributed by atoms with E-state index >= 15 is 0 Å². The van der Waals surface area contributed by atoms with Crippen LogP contribution in [0.3, 0.4) is 0 Å². The third-order valence-corrected chi connectivity index (χ3v) is 4.10. The van der Waals surface area contributed by atoms with Gasteiger partial charge >= 0.3 is 77.1 Å². The Bertz CT molecular complexity index is 250. The average Bonchev–Trinajstić information content (AvgIpc) is 2.06. The maximum atomic E-state index is 8.58. The van der Waals surface area contributed by atoms with Crippen molar-refractivity contribution in [2.24, 2.45) is 0 Å². The van der Waals surface area contributed by atoms with Gasteiger partial charge in [0.05, 0.1) is 0 Å². The Labute approximate surface area is 77.1 Å². The van der Waals surface area contributed by atoms with Crippen LogP contribution in [0.1, 0.15) is 6.92 Å². The first-order chi connectivity index (χ1) is 5.33. The summed E-state index contributed by atoms with van der Waals surface area (Å²) in [5.41, 5.74) is 0. The Hall–Kier alpha value is -0.500. The fraction of sp³-hybridized carbons (Fsp3) is 0.222. The van der Waals surface area contributed by atoms with E-state index in [9.17, 15) is 0 Å². The van der Waals surface area contributed by atoms with Gasteiger partial charge in [-0.15, -0.1) is 0 Å². The quantitative estimate of drug-likeness (QED) is 0.735. The molecule has 0 spiro atoms. The first-order valence-electron chi connectivity index (χ1n) is 3.44. The van der Waals surface area contributed by atoms with Crippen molar-refractivity contribution in [1.82, 2.24) is 0 Å². The van der Waals surface area contributed by atoms with Crippen LogP contribution in [0.4, 0.5) is 0 Å². The van der Waals surface area contributed by atoms with Crippen LogP contribution in [0.5, 0.6) is 0 Å². The van der Waals surface area contributed by atoms with Crippen LogP contribution in [0.25, 0.3) is 0 Å². The van der Waals surface area contributed by atoms with Crippen molar-refractivity contribution < 1.29 is 0 Å². The number of benzene rings is 1. The Balaban J connectivity index is 2.60. The second kappa shape index (κ2) is 4.39. The standard InChI is InChI=1S/C9H9NTe/c1-8(7-10)11-9-5-3-2-4-6-9/h2-6,8H,1H3. The van der Waals surface area contributed by atoms with Crippen LogP contribution in [0.15, 0.2) is 30.3 Å². The molecule has 0 amide bonds.